The maximum absolute atomic E-state index is 13.7. The number of anilines is 1. The summed E-state index contributed by atoms with van der Waals surface area (Å²) in [5.41, 5.74) is 0. The van der Waals surface area contributed by atoms with Gasteiger partial charge in [0.25, 0.3) is 0 Å². The Balaban J connectivity index is 1.61. The molecule has 0 unspecified atom stereocenters. The molecule has 0 saturated carbocycles. The summed E-state index contributed by atoms with van der Waals surface area (Å²) in [4.78, 5) is 19.8. The topological polar surface area (TPSA) is 36.4 Å². The van der Waals surface area contributed by atoms with Gasteiger partial charge in [0.1, 0.15) is 0 Å². The molecule has 0 radical (unpaired) electrons. The molecular weight excluding hydrogens is 269 g/mol. The predicted molar refractivity (Wildman–Crippen MR) is 70.7 cm³/mol. The number of carbonyl (C=O) groups excluding carboxylic acids is 1. The Morgan fingerprint density at radius 1 is 1.37 bits per heavy atom. The van der Waals surface area contributed by atoms with Gasteiger partial charge in [-0.1, -0.05) is 11.6 Å². The highest BCUT2D eigenvalue weighted by Crippen LogP contribution is 2.28. The van der Waals surface area contributed by atoms with Gasteiger partial charge in [0.2, 0.25) is 5.91 Å². The highest BCUT2D eigenvalue weighted by Gasteiger charge is 2.37. The third-order valence-electron chi connectivity index (χ3n) is 3.74. The van der Waals surface area contributed by atoms with E-state index in [2.05, 4.69) is 4.98 Å². The highest BCUT2D eigenvalue weighted by atomic mass is 35.5. The SMILES string of the molecule is O=C(C1CN(c2ncc(Cl)cc2F)C1)N1CCCC1. The fourth-order valence-corrected chi connectivity index (χ4v) is 2.79. The molecule has 2 aliphatic rings. The Hall–Kier alpha value is -1.36. The van der Waals surface area contributed by atoms with Gasteiger partial charge in [0, 0.05) is 32.4 Å². The summed E-state index contributed by atoms with van der Waals surface area (Å²) in [7, 11) is 0. The van der Waals surface area contributed by atoms with Crippen molar-refractivity contribution in [3.05, 3.63) is 23.1 Å². The predicted octanol–water partition coefficient (Wildman–Crippen LogP) is 1.93. The van der Waals surface area contributed by atoms with Crippen LogP contribution in [0.2, 0.25) is 5.02 Å². The van der Waals surface area contributed by atoms with E-state index in [1.54, 1.807) is 4.90 Å². The molecule has 3 heterocycles. The fourth-order valence-electron chi connectivity index (χ4n) is 2.64. The fraction of sp³-hybridized carbons (Fsp3) is 0.538. The zero-order chi connectivity index (χ0) is 13.4. The number of halogens is 2. The number of carbonyl (C=O) groups is 1. The number of nitrogens with zero attached hydrogens (tertiary/aromatic N) is 3. The minimum Gasteiger partial charge on any atom is -0.352 e. The lowest BCUT2D eigenvalue weighted by molar-refractivity contribution is -0.135. The van der Waals surface area contributed by atoms with E-state index in [1.807, 2.05) is 4.90 Å². The average Bonchev–Trinajstić information content (AvgIpc) is 2.83. The first-order chi connectivity index (χ1) is 9.15. The second-order valence-electron chi connectivity index (χ2n) is 5.09. The second kappa shape index (κ2) is 4.96. The van der Waals surface area contributed by atoms with E-state index in [4.69, 9.17) is 11.6 Å². The van der Waals surface area contributed by atoms with E-state index in [0.717, 1.165) is 25.9 Å². The molecular formula is C13H15ClFN3O. The molecule has 2 aliphatic heterocycles. The largest absolute Gasteiger partial charge is 0.352 e. The van der Waals surface area contributed by atoms with Crippen LogP contribution in [0.4, 0.5) is 10.2 Å². The molecule has 4 nitrogen and oxygen atoms in total. The zero-order valence-electron chi connectivity index (χ0n) is 10.5. The first-order valence-corrected chi connectivity index (χ1v) is 6.88. The van der Waals surface area contributed by atoms with Gasteiger partial charge in [-0.05, 0) is 18.9 Å². The van der Waals surface area contributed by atoms with E-state index in [1.165, 1.54) is 12.3 Å². The van der Waals surface area contributed by atoms with Crippen LogP contribution >= 0.6 is 11.6 Å². The van der Waals surface area contributed by atoms with Crippen molar-refractivity contribution in [1.82, 2.24) is 9.88 Å². The molecule has 6 heteroatoms. The molecule has 3 rings (SSSR count). The number of amides is 1. The van der Waals surface area contributed by atoms with Crippen LogP contribution in [-0.2, 0) is 4.79 Å². The van der Waals surface area contributed by atoms with Crippen LogP contribution in [0.1, 0.15) is 12.8 Å². The van der Waals surface area contributed by atoms with Gasteiger partial charge in [-0.15, -0.1) is 0 Å². The molecule has 1 aromatic rings. The molecule has 0 N–H and O–H groups in total. The Morgan fingerprint density at radius 3 is 2.68 bits per heavy atom. The van der Waals surface area contributed by atoms with Gasteiger partial charge >= 0.3 is 0 Å². The molecule has 2 fully saturated rings. The van der Waals surface area contributed by atoms with Crippen LogP contribution in [0, 0.1) is 11.7 Å². The zero-order valence-corrected chi connectivity index (χ0v) is 11.2. The molecule has 19 heavy (non-hydrogen) atoms. The number of pyridine rings is 1. The molecule has 2 saturated heterocycles. The molecule has 102 valence electrons. The van der Waals surface area contributed by atoms with Crippen molar-refractivity contribution < 1.29 is 9.18 Å². The summed E-state index contributed by atoms with van der Waals surface area (Å²) in [6, 6.07) is 1.25. The molecule has 0 atom stereocenters. The third-order valence-corrected chi connectivity index (χ3v) is 3.94. The maximum atomic E-state index is 13.7. The normalized spacial score (nSPS) is 19.7. The van der Waals surface area contributed by atoms with Crippen LogP contribution in [0.3, 0.4) is 0 Å². The van der Waals surface area contributed by atoms with Crippen LogP contribution in [0.15, 0.2) is 12.3 Å². The monoisotopic (exact) mass is 283 g/mol. The van der Waals surface area contributed by atoms with Gasteiger partial charge in [0.05, 0.1) is 10.9 Å². The minimum atomic E-state index is -0.431. The van der Waals surface area contributed by atoms with Crippen molar-refractivity contribution in [3.63, 3.8) is 0 Å². The number of hydrogen-bond donors (Lipinski definition) is 0. The number of rotatable bonds is 2. The van der Waals surface area contributed by atoms with Crippen molar-refractivity contribution >= 4 is 23.3 Å². The quantitative estimate of drug-likeness (QED) is 0.832. The Labute approximate surface area is 116 Å². The Kier molecular flexibility index (Phi) is 3.31. The molecule has 0 spiro atoms. The molecule has 0 aliphatic carbocycles. The molecule has 1 amide bonds. The van der Waals surface area contributed by atoms with Crippen molar-refractivity contribution in [3.8, 4) is 0 Å². The van der Waals surface area contributed by atoms with Crippen LogP contribution in [0.25, 0.3) is 0 Å². The second-order valence-corrected chi connectivity index (χ2v) is 5.53. The van der Waals surface area contributed by atoms with Gasteiger partial charge in [-0.25, -0.2) is 9.37 Å². The van der Waals surface area contributed by atoms with E-state index in [9.17, 15) is 9.18 Å². The summed E-state index contributed by atoms with van der Waals surface area (Å²) < 4.78 is 13.7. The van der Waals surface area contributed by atoms with Crippen molar-refractivity contribution in [1.29, 1.82) is 0 Å². The summed E-state index contributed by atoms with van der Waals surface area (Å²) in [5.74, 6) is 0.0348. The van der Waals surface area contributed by atoms with Crippen molar-refractivity contribution in [2.75, 3.05) is 31.1 Å². The van der Waals surface area contributed by atoms with Gasteiger partial charge < -0.3 is 9.80 Å². The first kappa shape index (κ1) is 12.7. The van der Waals surface area contributed by atoms with E-state index in [0.29, 0.717) is 13.1 Å². The smallest absolute Gasteiger partial charge is 0.229 e. The summed E-state index contributed by atoms with van der Waals surface area (Å²) in [6.07, 6.45) is 3.61. The maximum Gasteiger partial charge on any atom is 0.229 e. The third kappa shape index (κ3) is 2.39. The Bertz CT molecular complexity index is 499. The molecule has 0 bridgehead atoms. The first-order valence-electron chi connectivity index (χ1n) is 6.50. The summed E-state index contributed by atoms with van der Waals surface area (Å²) in [5, 5.41) is 0.284. The standard InChI is InChI=1S/C13H15ClFN3O/c14-10-5-11(15)12(16-6-10)18-7-9(8-18)13(19)17-3-1-2-4-17/h5-6,9H,1-4,7-8H2. The van der Waals surface area contributed by atoms with Gasteiger partial charge in [-0.3, -0.25) is 4.79 Å². The summed E-state index contributed by atoms with van der Waals surface area (Å²) >= 11 is 5.67. The minimum absolute atomic E-state index is 0.0185. The Morgan fingerprint density at radius 2 is 2.05 bits per heavy atom. The van der Waals surface area contributed by atoms with Crippen LogP contribution in [0.5, 0.6) is 0 Å². The van der Waals surface area contributed by atoms with Crippen LogP contribution in [-0.4, -0.2) is 42.0 Å². The van der Waals surface area contributed by atoms with E-state index >= 15 is 0 Å². The lowest BCUT2D eigenvalue weighted by atomic mass is 9.98. The van der Waals surface area contributed by atoms with Crippen LogP contribution < -0.4 is 4.90 Å². The number of aromatic nitrogens is 1. The molecule has 0 aromatic carbocycles. The lowest BCUT2D eigenvalue weighted by Crippen LogP contribution is -2.54. The highest BCUT2D eigenvalue weighted by molar-refractivity contribution is 6.30. The van der Waals surface area contributed by atoms with Gasteiger partial charge in [0.15, 0.2) is 11.6 Å². The van der Waals surface area contributed by atoms with E-state index in [-0.39, 0.29) is 22.7 Å². The number of hydrogen-bond acceptors (Lipinski definition) is 3. The summed E-state index contributed by atoms with van der Waals surface area (Å²) in [6.45, 7) is 2.81. The van der Waals surface area contributed by atoms with Gasteiger partial charge in [-0.2, -0.15) is 0 Å². The van der Waals surface area contributed by atoms with Crippen molar-refractivity contribution in [2.24, 2.45) is 5.92 Å². The number of likely N-dealkylation sites (tertiary alicyclic amines) is 1. The van der Waals surface area contributed by atoms with Crippen molar-refractivity contribution in [2.45, 2.75) is 12.8 Å². The van der Waals surface area contributed by atoms with E-state index < -0.39 is 5.82 Å². The lowest BCUT2D eigenvalue weighted by Gasteiger charge is -2.40. The average molecular weight is 284 g/mol. The molecule has 1 aromatic heterocycles.